The highest BCUT2D eigenvalue weighted by atomic mass is 32.1. The maximum atomic E-state index is 12.8. The molecule has 0 radical (unpaired) electrons. The van der Waals surface area contributed by atoms with Crippen molar-refractivity contribution in [3.8, 4) is 16.5 Å². The van der Waals surface area contributed by atoms with Gasteiger partial charge in [0.15, 0.2) is 0 Å². The van der Waals surface area contributed by atoms with Gasteiger partial charge in [-0.25, -0.2) is 4.98 Å². The van der Waals surface area contributed by atoms with Gasteiger partial charge in [-0.2, -0.15) is 0 Å². The molecule has 0 spiro atoms. The van der Waals surface area contributed by atoms with E-state index < -0.39 is 0 Å². The van der Waals surface area contributed by atoms with Crippen LogP contribution in [0.3, 0.4) is 0 Å². The Hall–Kier alpha value is -3.85. The molecule has 0 aliphatic carbocycles. The molecule has 162 valence electrons. The Bertz CT molecular complexity index is 1180. The van der Waals surface area contributed by atoms with Crippen LogP contribution >= 0.6 is 11.3 Å². The van der Waals surface area contributed by atoms with Crippen LogP contribution in [0.4, 0.5) is 10.8 Å². The summed E-state index contributed by atoms with van der Waals surface area (Å²) in [6.45, 7) is 0.492. The third-order valence-corrected chi connectivity index (χ3v) is 5.51. The van der Waals surface area contributed by atoms with Gasteiger partial charge in [0.1, 0.15) is 10.7 Å². The zero-order chi connectivity index (χ0) is 22.3. The number of pyridine rings is 2. The summed E-state index contributed by atoms with van der Waals surface area (Å²) in [4.78, 5) is 23.0. The van der Waals surface area contributed by atoms with Gasteiger partial charge in [0.2, 0.25) is 11.0 Å². The molecule has 32 heavy (non-hydrogen) atoms. The van der Waals surface area contributed by atoms with E-state index in [1.807, 2.05) is 49.3 Å². The SMILES string of the molecule is CN(C)c1cc(C(=O)Nc2nnc(-c3ccncc3)s2)cnc1OCCc1ccccc1. The van der Waals surface area contributed by atoms with Crippen LogP contribution in [0.2, 0.25) is 0 Å². The monoisotopic (exact) mass is 446 g/mol. The quantitative estimate of drug-likeness (QED) is 0.438. The lowest BCUT2D eigenvalue weighted by molar-refractivity contribution is 0.102. The van der Waals surface area contributed by atoms with Crippen molar-refractivity contribution in [1.29, 1.82) is 0 Å². The van der Waals surface area contributed by atoms with Crippen molar-refractivity contribution in [2.75, 3.05) is 30.9 Å². The number of amides is 1. The Balaban J connectivity index is 1.43. The van der Waals surface area contributed by atoms with E-state index in [2.05, 4.69) is 37.6 Å². The smallest absolute Gasteiger partial charge is 0.259 e. The molecule has 3 heterocycles. The highest BCUT2D eigenvalue weighted by Crippen LogP contribution is 2.28. The molecule has 0 fully saturated rings. The fraction of sp³-hybridized carbons (Fsp3) is 0.174. The van der Waals surface area contributed by atoms with Gasteiger partial charge >= 0.3 is 0 Å². The molecule has 8 nitrogen and oxygen atoms in total. The van der Waals surface area contributed by atoms with Crippen LogP contribution in [-0.2, 0) is 6.42 Å². The first kappa shape index (κ1) is 21.4. The lowest BCUT2D eigenvalue weighted by Gasteiger charge is -2.17. The van der Waals surface area contributed by atoms with Gasteiger partial charge in [0, 0.05) is 44.7 Å². The summed E-state index contributed by atoms with van der Waals surface area (Å²) >= 11 is 1.29. The number of anilines is 2. The number of hydrogen-bond acceptors (Lipinski definition) is 8. The van der Waals surface area contributed by atoms with Crippen LogP contribution in [0.5, 0.6) is 5.88 Å². The number of aromatic nitrogens is 4. The topological polar surface area (TPSA) is 93.1 Å². The van der Waals surface area contributed by atoms with E-state index in [-0.39, 0.29) is 5.91 Å². The second-order valence-electron chi connectivity index (χ2n) is 7.13. The Morgan fingerprint density at radius 1 is 1.09 bits per heavy atom. The van der Waals surface area contributed by atoms with Crippen LogP contribution in [0.1, 0.15) is 15.9 Å². The molecule has 0 aliphatic rings. The predicted molar refractivity (Wildman–Crippen MR) is 125 cm³/mol. The molecule has 1 amide bonds. The summed E-state index contributed by atoms with van der Waals surface area (Å²) in [6.07, 6.45) is 5.65. The number of nitrogens with one attached hydrogen (secondary N) is 1. The molecule has 3 aromatic heterocycles. The highest BCUT2D eigenvalue weighted by molar-refractivity contribution is 7.18. The van der Waals surface area contributed by atoms with Gasteiger partial charge in [0.05, 0.1) is 12.2 Å². The van der Waals surface area contributed by atoms with Crippen LogP contribution in [0, 0.1) is 0 Å². The summed E-state index contributed by atoms with van der Waals surface area (Å²) in [5.74, 6) is 0.173. The Morgan fingerprint density at radius 3 is 2.62 bits per heavy atom. The fourth-order valence-electron chi connectivity index (χ4n) is 2.96. The van der Waals surface area contributed by atoms with Crippen LogP contribution in [0.15, 0.2) is 67.1 Å². The Kier molecular flexibility index (Phi) is 6.66. The van der Waals surface area contributed by atoms with Crippen molar-refractivity contribution >= 4 is 28.1 Å². The van der Waals surface area contributed by atoms with Gasteiger partial charge in [-0.15, -0.1) is 10.2 Å². The molecule has 0 atom stereocenters. The average molecular weight is 447 g/mol. The second-order valence-corrected chi connectivity index (χ2v) is 8.11. The number of hydrogen-bond donors (Lipinski definition) is 1. The molecule has 0 unspecified atom stereocenters. The predicted octanol–water partition coefficient (Wildman–Crippen LogP) is 3.93. The molecule has 9 heteroatoms. The number of rotatable bonds is 8. The van der Waals surface area contributed by atoms with E-state index in [9.17, 15) is 4.79 Å². The van der Waals surface area contributed by atoms with E-state index in [1.54, 1.807) is 18.5 Å². The summed E-state index contributed by atoms with van der Waals surface area (Å²) < 4.78 is 5.90. The number of benzene rings is 1. The molecule has 1 aromatic carbocycles. The fourth-order valence-corrected chi connectivity index (χ4v) is 3.70. The summed E-state index contributed by atoms with van der Waals surface area (Å²) in [6, 6.07) is 15.6. The van der Waals surface area contributed by atoms with Crippen LogP contribution in [0.25, 0.3) is 10.6 Å². The van der Waals surface area contributed by atoms with E-state index in [0.717, 1.165) is 17.7 Å². The minimum atomic E-state index is -0.311. The zero-order valence-corrected chi connectivity index (χ0v) is 18.5. The van der Waals surface area contributed by atoms with E-state index in [1.165, 1.54) is 23.1 Å². The van der Waals surface area contributed by atoms with Crippen molar-refractivity contribution in [1.82, 2.24) is 20.2 Å². The van der Waals surface area contributed by atoms with Crippen LogP contribution < -0.4 is 15.0 Å². The Morgan fingerprint density at radius 2 is 1.88 bits per heavy atom. The van der Waals surface area contributed by atoms with Crippen molar-refractivity contribution in [3.05, 3.63) is 78.2 Å². The van der Waals surface area contributed by atoms with Gasteiger partial charge < -0.3 is 9.64 Å². The van der Waals surface area contributed by atoms with Crippen molar-refractivity contribution in [2.45, 2.75) is 6.42 Å². The number of carbonyl (C=O) groups is 1. The molecule has 0 saturated heterocycles. The Labute approximate surface area is 189 Å². The molecule has 4 aromatic rings. The van der Waals surface area contributed by atoms with E-state index >= 15 is 0 Å². The zero-order valence-electron chi connectivity index (χ0n) is 17.7. The summed E-state index contributed by atoms with van der Waals surface area (Å²) in [5, 5.41) is 12.1. The number of carbonyl (C=O) groups excluding carboxylic acids is 1. The second kappa shape index (κ2) is 9.97. The third kappa shape index (κ3) is 5.25. The molecule has 4 rings (SSSR count). The average Bonchev–Trinajstić information content (AvgIpc) is 3.29. The van der Waals surface area contributed by atoms with Crippen molar-refractivity contribution in [3.63, 3.8) is 0 Å². The third-order valence-electron chi connectivity index (χ3n) is 4.62. The first-order valence-electron chi connectivity index (χ1n) is 9.99. The van der Waals surface area contributed by atoms with E-state index in [0.29, 0.717) is 28.2 Å². The molecule has 0 bridgehead atoms. The molecular formula is C23H22N6O2S. The standard InChI is InChI=1S/C23H22N6O2S/c1-29(2)19-14-18(15-25-21(19)31-13-10-16-6-4-3-5-7-16)20(30)26-23-28-27-22(32-23)17-8-11-24-12-9-17/h3-9,11-12,14-15H,10,13H2,1-2H3,(H,26,28,30). The van der Waals surface area contributed by atoms with Gasteiger partial charge in [0.25, 0.3) is 5.91 Å². The lowest BCUT2D eigenvalue weighted by atomic mass is 10.2. The molecular weight excluding hydrogens is 424 g/mol. The summed E-state index contributed by atoms with van der Waals surface area (Å²) in [5.41, 5.74) is 3.22. The first-order valence-corrected chi connectivity index (χ1v) is 10.8. The first-order chi connectivity index (χ1) is 15.6. The normalized spacial score (nSPS) is 10.6. The maximum Gasteiger partial charge on any atom is 0.259 e. The highest BCUT2D eigenvalue weighted by Gasteiger charge is 2.16. The number of ether oxygens (including phenoxy) is 1. The number of nitrogens with zero attached hydrogens (tertiary/aromatic N) is 5. The van der Waals surface area contributed by atoms with Gasteiger partial charge in [-0.3, -0.25) is 15.1 Å². The van der Waals surface area contributed by atoms with Gasteiger partial charge in [-0.05, 0) is 23.8 Å². The minimum Gasteiger partial charge on any atom is -0.476 e. The van der Waals surface area contributed by atoms with Crippen molar-refractivity contribution < 1.29 is 9.53 Å². The lowest BCUT2D eigenvalue weighted by Crippen LogP contribution is -2.17. The minimum absolute atomic E-state index is 0.311. The van der Waals surface area contributed by atoms with Crippen LogP contribution in [-0.4, -0.2) is 46.8 Å². The van der Waals surface area contributed by atoms with Crippen molar-refractivity contribution in [2.24, 2.45) is 0 Å². The van der Waals surface area contributed by atoms with Gasteiger partial charge in [-0.1, -0.05) is 41.7 Å². The largest absolute Gasteiger partial charge is 0.476 e. The molecule has 0 aliphatic heterocycles. The summed E-state index contributed by atoms with van der Waals surface area (Å²) in [7, 11) is 3.77. The van der Waals surface area contributed by atoms with E-state index in [4.69, 9.17) is 4.74 Å². The molecule has 0 saturated carbocycles. The maximum absolute atomic E-state index is 12.8. The molecule has 1 N–H and O–H groups in total.